The van der Waals surface area contributed by atoms with Gasteiger partial charge in [0.15, 0.2) is 0 Å². The molecule has 3 heteroatoms. The summed E-state index contributed by atoms with van der Waals surface area (Å²) in [7, 11) is 0. The van der Waals surface area contributed by atoms with Crippen LogP contribution in [0, 0.1) is 18.7 Å². The normalized spacial score (nSPS) is 19.8. The molecule has 1 saturated heterocycles. The molecule has 0 aliphatic carbocycles. The number of benzene rings is 1. The Balaban J connectivity index is 2.37. The third kappa shape index (κ3) is 1.98. The third-order valence-corrected chi connectivity index (χ3v) is 4.01. The highest BCUT2D eigenvalue weighted by Gasteiger charge is 2.45. The van der Waals surface area contributed by atoms with Gasteiger partial charge in [0.2, 0.25) is 0 Å². The molecule has 17 heavy (non-hydrogen) atoms. The molecule has 0 saturated carbocycles. The van der Waals surface area contributed by atoms with Gasteiger partial charge >= 0.3 is 0 Å². The van der Waals surface area contributed by atoms with Gasteiger partial charge in [-0.1, -0.05) is 25.5 Å². The molecule has 2 N–H and O–H groups in total. The number of aryl methyl sites for hydroxylation is 1. The van der Waals surface area contributed by atoms with Crippen molar-refractivity contribution in [1.82, 2.24) is 0 Å². The lowest BCUT2D eigenvalue weighted by molar-refractivity contribution is -0.0898. The van der Waals surface area contributed by atoms with Crippen molar-refractivity contribution in [3.8, 4) is 0 Å². The van der Waals surface area contributed by atoms with Crippen molar-refractivity contribution in [1.29, 1.82) is 0 Å². The van der Waals surface area contributed by atoms with E-state index in [1.165, 1.54) is 5.56 Å². The summed E-state index contributed by atoms with van der Waals surface area (Å²) in [5.41, 5.74) is 7.72. The highest BCUT2D eigenvalue weighted by Crippen LogP contribution is 2.41. The second-order valence-electron chi connectivity index (χ2n) is 4.95. The lowest BCUT2D eigenvalue weighted by Gasteiger charge is -2.47. The molecule has 1 atom stereocenters. The van der Waals surface area contributed by atoms with E-state index in [0.29, 0.717) is 31.2 Å². The van der Waals surface area contributed by atoms with Crippen LogP contribution in [0.3, 0.4) is 0 Å². The van der Waals surface area contributed by atoms with E-state index in [0.717, 1.165) is 6.42 Å². The SMILES string of the molecule is CCC(CN)C1(c2ccc(F)c(C)c2)COC1. The van der Waals surface area contributed by atoms with Crippen LogP contribution in [0.2, 0.25) is 0 Å². The Morgan fingerprint density at radius 3 is 2.59 bits per heavy atom. The molecule has 0 amide bonds. The summed E-state index contributed by atoms with van der Waals surface area (Å²) in [5, 5.41) is 0. The fourth-order valence-electron chi connectivity index (χ4n) is 2.70. The summed E-state index contributed by atoms with van der Waals surface area (Å²) in [6, 6.07) is 5.37. The Morgan fingerprint density at radius 1 is 1.47 bits per heavy atom. The number of halogens is 1. The molecule has 0 spiro atoms. The van der Waals surface area contributed by atoms with Crippen molar-refractivity contribution < 1.29 is 9.13 Å². The van der Waals surface area contributed by atoms with E-state index in [2.05, 4.69) is 6.92 Å². The highest BCUT2D eigenvalue weighted by atomic mass is 19.1. The van der Waals surface area contributed by atoms with Gasteiger partial charge in [-0.25, -0.2) is 4.39 Å². The molecule has 94 valence electrons. The van der Waals surface area contributed by atoms with Crippen LogP contribution in [0.5, 0.6) is 0 Å². The van der Waals surface area contributed by atoms with Crippen molar-refractivity contribution in [3.63, 3.8) is 0 Å². The van der Waals surface area contributed by atoms with Crippen LogP contribution in [0.25, 0.3) is 0 Å². The van der Waals surface area contributed by atoms with E-state index in [1.54, 1.807) is 13.0 Å². The second-order valence-corrected chi connectivity index (χ2v) is 4.95. The summed E-state index contributed by atoms with van der Waals surface area (Å²) in [6.45, 7) is 6.00. The molecule has 1 heterocycles. The molecule has 1 aromatic rings. The first-order chi connectivity index (χ1) is 8.14. The van der Waals surface area contributed by atoms with Gasteiger partial charge in [-0.3, -0.25) is 0 Å². The fraction of sp³-hybridized carbons (Fsp3) is 0.571. The zero-order chi connectivity index (χ0) is 12.5. The number of ether oxygens (including phenoxy) is 1. The van der Waals surface area contributed by atoms with Crippen LogP contribution in [0.4, 0.5) is 4.39 Å². The molecule has 0 aromatic heterocycles. The van der Waals surface area contributed by atoms with Crippen LogP contribution in [-0.2, 0) is 10.2 Å². The van der Waals surface area contributed by atoms with Crippen LogP contribution < -0.4 is 5.73 Å². The predicted octanol–water partition coefficient (Wildman–Crippen LogP) is 2.39. The van der Waals surface area contributed by atoms with Crippen LogP contribution in [0.1, 0.15) is 24.5 Å². The minimum atomic E-state index is -0.148. The monoisotopic (exact) mass is 237 g/mol. The van der Waals surface area contributed by atoms with E-state index in [-0.39, 0.29) is 11.2 Å². The van der Waals surface area contributed by atoms with E-state index >= 15 is 0 Å². The molecule has 1 aromatic carbocycles. The van der Waals surface area contributed by atoms with Crippen molar-refractivity contribution in [2.75, 3.05) is 19.8 Å². The molecule has 2 nitrogen and oxygen atoms in total. The van der Waals surface area contributed by atoms with Crippen molar-refractivity contribution in [2.45, 2.75) is 25.7 Å². The van der Waals surface area contributed by atoms with Gasteiger partial charge in [-0.15, -0.1) is 0 Å². The Hall–Kier alpha value is -0.930. The van der Waals surface area contributed by atoms with Crippen LogP contribution >= 0.6 is 0 Å². The number of hydrogen-bond acceptors (Lipinski definition) is 2. The third-order valence-electron chi connectivity index (χ3n) is 4.01. The summed E-state index contributed by atoms with van der Waals surface area (Å²) < 4.78 is 18.7. The molecule has 2 rings (SSSR count). The molecule has 1 fully saturated rings. The largest absolute Gasteiger partial charge is 0.379 e. The Morgan fingerprint density at radius 2 is 2.18 bits per heavy atom. The zero-order valence-electron chi connectivity index (χ0n) is 10.5. The first-order valence-corrected chi connectivity index (χ1v) is 6.18. The van der Waals surface area contributed by atoms with Gasteiger partial charge in [0.1, 0.15) is 5.82 Å². The van der Waals surface area contributed by atoms with Gasteiger partial charge in [0.25, 0.3) is 0 Å². The Bertz CT molecular complexity index is 397. The maximum Gasteiger partial charge on any atom is 0.126 e. The minimum absolute atomic E-state index is 0.00194. The quantitative estimate of drug-likeness (QED) is 0.872. The van der Waals surface area contributed by atoms with Gasteiger partial charge in [-0.2, -0.15) is 0 Å². The second kappa shape index (κ2) is 4.75. The molecular weight excluding hydrogens is 217 g/mol. The molecule has 0 radical (unpaired) electrons. The molecule has 1 unspecified atom stereocenters. The average Bonchev–Trinajstić information content (AvgIpc) is 2.27. The van der Waals surface area contributed by atoms with Crippen molar-refractivity contribution >= 4 is 0 Å². The van der Waals surface area contributed by atoms with Gasteiger partial charge in [0.05, 0.1) is 13.2 Å². The lowest BCUT2D eigenvalue weighted by atomic mass is 9.67. The Kier molecular flexibility index (Phi) is 3.50. The van der Waals surface area contributed by atoms with Crippen molar-refractivity contribution in [3.05, 3.63) is 35.1 Å². The smallest absolute Gasteiger partial charge is 0.126 e. The number of nitrogens with two attached hydrogens (primary N) is 1. The average molecular weight is 237 g/mol. The predicted molar refractivity (Wildman–Crippen MR) is 66.5 cm³/mol. The lowest BCUT2D eigenvalue weighted by Crippen LogP contribution is -2.54. The van der Waals surface area contributed by atoms with E-state index in [4.69, 9.17) is 10.5 Å². The highest BCUT2D eigenvalue weighted by molar-refractivity contribution is 5.33. The van der Waals surface area contributed by atoms with E-state index < -0.39 is 0 Å². The summed E-state index contributed by atoms with van der Waals surface area (Å²) >= 11 is 0. The van der Waals surface area contributed by atoms with E-state index in [1.807, 2.05) is 12.1 Å². The van der Waals surface area contributed by atoms with Gasteiger partial charge < -0.3 is 10.5 Å². The topological polar surface area (TPSA) is 35.2 Å². The molecule has 1 aliphatic rings. The molecule has 0 bridgehead atoms. The zero-order valence-corrected chi connectivity index (χ0v) is 10.5. The van der Waals surface area contributed by atoms with Gasteiger partial charge in [0, 0.05) is 5.41 Å². The summed E-state index contributed by atoms with van der Waals surface area (Å²) in [5.74, 6) is 0.256. The number of rotatable bonds is 4. The van der Waals surface area contributed by atoms with Crippen molar-refractivity contribution in [2.24, 2.45) is 11.7 Å². The number of hydrogen-bond donors (Lipinski definition) is 1. The molecular formula is C14H20FNO. The van der Waals surface area contributed by atoms with Gasteiger partial charge in [-0.05, 0) is 36.6 Å². The fourth-order valence-corrected chi connectivity index (χ4v) is 2.70. The van der Waals surface area contributed by atoms with Crippen LogP contribution in [0.15, 0.2) is 18.2 Å². The minimum Gasteiger partial charge on any atom is -0.379 e. The standard InChI is InChI=1S/C14H20FNO/c1-3-11(7-16)14(8-17-9-14)12-4-5-13(15)10(2)6-12/h4-6,11H,3,7-9,16H2,1-2H3. The van der Waals surface area contributed by atoms with Crippen LogP contribution in [-0.4, -0.2) is 19.8 Å². The Labute approximate surface area is 102 Å². The van der Waals surface area contributed by atoms with E-state index in [9.17, 15) is 4.39 Å². The first kappa shape index (κ1) is 12.5. The summed E-state index contributed by atoms with van der Waals surface area (Å²) in [4.78, 5) is 0. The molecule has 1 aliphatic heterocycles. The first-order valence-electron chi connectivity index (χ1n) is 6.18. The summed E-state index contributed by atoms with van der Waals surface area (Å²) in [6.07, 6.45) is 1.02. The maximum atomic E-state index is 13.3. The maximum absolute atomic E-state index is 13.3.